The Morgan fingerprint density at radius 1 is 0.574 bits per heavy atom. The smallest absolute Gasteiger partial charge is 0.141 e. The molecule has 0 bridgehead atoms. The molecule has 2 nitrogen and oxygen atoms in total. The molecule has 0 saturated heterocycles. The van der Waals surface area contributed by atoms with Crippen molar-refractivity contribution in [3.8, 4) is 22.3 Å². The number of rotatable bonds is 5. The molecule has 2 atom stereocenters. The van der Waals surface area contributed by atoms with Gasteiger partial charge < -0.3 is 9.32 Å². The van der Waals surface area contributed by atoms with Crippen molar-refractivity contribution in [3.63, 3.8) is 0 Å². The van der Waals surface area contributed by atoms with Crippen LogP contribution in [0.25, 0.3) is 55.8 Å². The van der Waals surface area contributed by atoms with Crippen molar-refractivity contribution in [1.82, 2.24) is 0 Å². The first-order valence-corrected chi connectivity index (χ1v) is 18.9. The van der Waals surface area contributed by atoms with Crippen molar-refractivity contribution in [2.45, 2.75) is 18.4 Å². The maximum Gasteiger partial charge on any atom is 0.141 e. The Balaban J connectivity index is 1.20. The van der Waals surface area contributed by atoms with E-state index in [0.717, 1.165) is 33.3 Å². The third-order valence-corrected chi connectivity index (χ3v) is 12.1. The summed E-state index contributed by atoms with van der Waals surface area (Å²) in [5, 5.41) is 4.83. The van der Waals surface area contributed by atoms with Crippen LogP contribution in [0, 0.1) is 5.92 Å². The second-order valence-electron chi connectivity index (χ2n) is 14.9. The lowest BCUT2D eigenvalue weighted by Crippen LogP contribution is -2.45. The van der Waals surface area contributed by atoms with E-state index in [1.807, 2.05) is 0 Å². The molecule has 0 N–H and O–H groups in total. The molecule has 0 amide bonds. The van der Waals surface area contributed by atoms with E-state index in [4.69, 9.17) is 4.42 Å². The molecule has 2 unspecified atom stereocenters. The highest BCUT2D eigenvalue weighted by molar-refractivity contribution is 6.14. The van der Waals surface area contributed by atoms with Gasteiger partial charge in [0.05, 0.1) is 17.1 Å². The summed E-state index contributed by atoms with van der Waals surface area (Å²) < 4.78 is 7.08. The van der Waals surface area contributed by atoms with Gasteiger partial charge in [-0.2, -0.15) is 0 Å². The van der Waals surface area contributed by atoms with Gasteiger partial charge in [-0.05, 0) is 80.6 Å². The van der Waals surface area contributed by atoms with Crippen molar-refractivity contribution in [3.05, 3.63) is 215 Å². The van der Waals surface area contributed by atoms with Crippen LogP contribution in [0.5, 0.6) is 0 Å². The Bertz CT molecular complexity index is 2920. The van der Waals surface area contributed by atoms with Crippen LogP contribution < -0.4 is 15.3 Å². The molecule has 0 saturated carbocycles. The fourth-order valence-corrected chi connectivity index (χ4v) is 9.62. The van der Waals surface area contributed by atoms with Gasteiger partial charge in [-0.3, -0.25) is 0 Å². The first-order chi connectivity index (χ1) is 26.7. The molecule has 11 rings (SSSR count). The fourth-order valence-electron chi connectivity index (χ4n) is 9.62. The topological polar surface area (TPSA) is 16.4 Å². The highest BCUT2D eigenvalue weighted by Crippen LogP contribution is 2.55. The number of furan rings is 1. The summed E-state index contributed by atoms with van der Waals surface area (Å²) in [6.45, 7) is 2.38. The molecule has 1 heterocycles. The third-order valence-electron chi connectivity index (χ3n) is 12.1. The summed E-state index contributed by atoms with van der Waals surface area (Å²) in [4.78, 5) is 2.58. The number of nitrogens with zero attached hydrogens (tertiary/aromatic N) is 1. The zero-order chi connectivity index (χ0) is 35.8. The lowest BCUT2D eigenvalue weighted by molar-refractivity contribution is 0.637. The van der Waals surface area contributed by atoms with E-state index in [0.29, 0.717) is 0 Å². The highest BCUT2D eigenvalue weighted by atomic mass is 16.3. The van der Waals surface area contributed by atoms with Crippen LogP contribution >= 0.6 is 0 Å². The number of hydrogen-bond donors (Lipinski definition) is 0. The number of para-hydroxylation sites is 1. The largest absolute Gasteiger partial charge is 0.456 e. The number of hydrogen-bond acceptors (Lipinski definition) is 2. The standard InChI is InChI=1S/C52H37NO/c1-52(44-24-12-9-20-40(44)41-21-10-13-25-45(41)52)46-31-32-47(50-43-23-11-14-26-49(43)54-51(46)50)53(37-29-27-35(28-30-37)34-15-3-2-4-16-34)48-33-36-17-5-6-18-38(36)39-19-7-8-22-42(39)48/h2-33,42,48H,1H3. The SMILES string of the molecule is CC1(c2ccc(N(c3ccc(-c4ccccc4)cc3)C3C=c4ccccc4=C4C=CC=CC43)c3c2oc2ccccc23)c2ccccc2-c2ccccc21. The minimum absolute atomic E-state index is 0.00454. The summed E-state index contributed by atoms with van der Waals surface area (Å²) in [5.74, 6) is 0.151. The van der Waals surface area contributed by atoms with Gasteiger partial charge in [0.2, 0.25) is 0 Å². The van der Waals surface area contributed by atoms with Crippen LogP contribution in [-0.4, -0.2) is 6.04 Å². The van der Waals surface area contributed by atoms with E-state index in [1.165, 1.54) is 55.0 Å². The molecule has 8 aromatic rings. The fraction of sp³-hybridized carbons (Fsp3) is 0.0769. The Labute approximate surface area is 315 Å². The zero-order valence-corrected chi connectivity index (χ0v) is 30.0. The number of fused-ring (bicyclic) bond motifs is 8. The quantitative estimate of drug-likeness (QED) is 0.179. The van der Waals surface area contributed by atoms with Gasteiger partial charge in [-0.15, -0.1) is 0 Å². The van der Waals surface area contributed by atoms with E-state index in [1.54, 1.807) is 0 Å². The average molecular weight is 692 g/mol. The van der Waals surface area contributed by atoms with Crippen LogP contribution in [0.15, 0.2) is 193 Å². The second-order valence-corrected chi connectivity index (χ2v) is 14.9. The molecule has 0 radical (unpaired) electrons. The summed E-state index contributed by atoms with van der Waals surface area (Å²) >= 11 is 0. The summed E-state index contributed by atoms with van der Waals surface area (Å²) in [6.07, 6.45) is 11.6. The minimum Gasteiger partial charge on any atom is -0.456 e. The number of benzene rings is 7. The van der Waals surface area contributed by atoms with Crippen LogP contribution in [-0.2, 0) is 5.41 Å². The maximum atomic E-state index is 7.08. The number of anilines is 2. The van der Waals surface area contributed by atoms with Gasteiger partial charge >= 0.3 is 0 Å². The molecule has 256 valence electrons. The summed E-state index contributed by atoms with van der Waals surface area (Å²) in [6, 6.07) is 59.7. The summed E-state index contributed by atoms with van der Waals surface area (Å²) in [5.41, 5.74) is 13.8. The first kappa shape index (κ1) is 30.9. The number of allylic oxidation sites excluding steroid dienone is 3. The summed E-state index contributed by atoms with van der Waals surface area (Å²) in [7, 11) is 0. The van der Waals surface area contributed by atoms with Crippen molar-refractivity contribution in [2.75, 3.05) is 4.90 Å². The molecule has 3 aliphatic carbocycles. The van der Waals surface area contributed by atoms with Gasteiger partial charge in [0, 0.05) is 28.0 Å². The molecular weight excluding hydrogens is 655 g/mol. The maximum absolute atomic E-state index is 7.08. The molecule has 2 heteroatoms. The Hall–Kier alpha value is -6.64. The van der Waals surface area contributed by atoms with Crippen LogP contribution in [0.3, 0.4) is 0 Å². The third kappa shape index (κ3) is 4.47. The molecule has 7 aromatic carbocycles. The van der Waals surface area contributed by atoms with E-state index >= 15 is 0 Å². The lowest BCUT2D eigenvalue weighted by atomic mass is 9.73. The normalized spacial score (nSPS) is 17.5. The van der Waals surface area contributed by atoms with Gasteiger partial charge in [0.1, 0.15) is 11.2 Å². The Morgan fingerprint density at radius 2 is 1.24 bits per heavy atom. The average Bonchev–Trinajstić information content (AvgIpc) is 3.76. The van der Waals surface area contributed by atoms with Crippen LogP contribution in [0.1, 0.15) is 23.6 Å². The van der Waals surface area contributed by atoms with Crippen molar-refractivity contribution in [1.29, 1.82) is 0 Å². The lowest BCUT2D eigenvalue weighted by Gasteiger charge is -2.39. The Kier molecular flexibility index (Phi) is 6.84. The molecule has 1 aromatic heterocycles. The molecular formula is C52H37NO. The van der Waals surface area contributed by atoms with E-state index in [-0.39, 0.29) is 12.0 Å². The molecule has 0 aliphatic heterocycles. The monoisotopic (exact) mass is 691 g/mol. The molecule has 0 fully saturated rings. The van der Waals surface area contributed by atoms with Crippen molar-refractivity contribution >= 4 is 45.0 Å². The molecule has 3 aliphatic rings. The predicted octanol–water partition coefficient (Wildman–Crippen LogP) is 11.5. The molecule has 54 heavy (non-hydrogen) atoms. The highest BCUT2D eigenvalue weighted by Gasteiger charge is 2.43. The predicted molar refractivity (Wildman–Crippen MR) is 224 cm³/mol. The van der Waals surface area contributed by atoms with Crippen LogP contribution in [0.2, 0.25) is 0 Å². The minimum atomic E-state index is -0.409. The van der Waals surface area contributed by atoms with E-state index in [2.05, 4.69) is 206 Å². The van der Waals surface area contributed by atoms with Gasteiger partial charge in [-0.25, -0.2) is 0 Å². The first-order valence-electron chi connectivity index (χ1n) is 18.9. The Morgan fingerprint density at radius 3 is 2.04 bits per heavy atom. The van der Waals surface area contributed by atoms with Gasteiger partial charge in [0.15, 0.2) is 0 Å². The molecule has 0 spiro atoms. The van der Waals surface area contributed by atoms with E-state index < -0.39 is 5.41 Å². The van der Waals surface area contributed by atoms with Gasteiger partial charge in [0.25, 0.3) is 0 Å². The van der Waals surface area contributed by atoms with Gasteiger partial charge in [-0.1, -0.05) is 170 Å². The van der Waals surface area contributed by atoms with Crippen LogP contribution in [0.4, 0.5) is 11.4 Å². The van der Waals surface area contributed by atoms with E-state index in [9.17, 15) is 0 Å². The van der Waals surface area contributed by atoms with Crippen molar-refractivity contribution in [2.24, 2.45) is 5.92 Å². The van der Waals surface area contributed by atoms with Crippen molar-refractivity contribution < 1.29 is 4.42 Å². The second kappa shape index (κ2) is 11.9. The zero-order valence-electron chi connectivity index (χ0n) is 30.0.